The van der Waals surface area contributed by atoms with Crippen molar-refractivity contribution in [1.29, 1.82) is 0 Å². The zero-order valence-corrected chi connectivity index (χ0v) is 12.6. The molecule has 0 unspecified atom stereocenters. The van der Waals surface area contributed by atoms with E-state index in [0.29, 0.717) is 17.5 Å². The molecule has 114 valence electrons. The highest BCUT2D eigenvalue weighted by molar-refractivity contribution is 5.92. The molecule has 2 rings (SSSR count). The molecule has 1 saturated heterocycles. The Labute approximate surface area is 125 Å². The van der Waals surface area contributed by atoms with Gasteiger partial charge in [-0.2, -0.15) is 0 Å². The standard InChI is InChI=1S/C16H23N3O2/c1-12-8-13(2)11-19(10-12)15(20)9-17-16(21)18-14-6-4-3-5-7-14/h3-7,12-13H,8-11H2,1-2H3,(H2,17,18,21)/t12-,13+. The van der Waals surface area contributed by atoms with Crippen LogP contribution in [-0.2, 0) is 4.79 Å². The quantitative estimate of drug-likeness (QED) is 0.897. The van der Waals surface area contributed by atoms with Crippen LogP contribution in [0, 0.1) is 11.8 Å². The molecule has 0 aromatic heterocycles. The Hall–Kier alpha value is -2.04. The van der Waals surface area contributed by atoms with Crippen LogP contribution < -0.4 is 10.6 Å². The van der Waals surface area contributed by atoms with Gasteiger partial charge in [0, 0.05) is 18.8 Å². The Morgan fingerprint density at radius 3 is 2.38 bits per heavy atom. The molecule has 1 heterocycles. The monoisotopic (exact) mass is 289 g/mol. The van der Waals surface area contributed by atoms with E-state index in [4.69, 9.17) is 0 Å². The van der Waals surface area contributed by atoms with Crippen LogP contribution >= 0.6 is 0 Å². The van der Waals surface area contributed by atoms with E-state index < -0.39 is 0 Å². The fourth-order valence-electron chi connectivity index (χ4n) is 2.83. The third-order valence-corrected chi connectivity index (χ3v) is 3.65. The van der Waals surface area contributed by atoms with Gasteiger partial charge in [0.1, 0.15) is 0 Å². The van der Waals surface area contributed by atoms with E-state index in [-0.39, 0.29) is 18.5 Å². The summed E-state index contributed by atoms with van der Waals surface area (Å²) in [6.07, 6.45) is 1.16. The van der Waals surface area contributed by atoms with Gasteiger partial charge in [0.2, 0.25) is 5.91 Å². The second-order valence-electron chi connectivity index (χ2n) is 5.92. The van der Waals surface area contributed by atoms with E-state index in [1.807, 2.05) is 23.1 Å². The predicted molar refractivity (Wildman–Crippen MR) is 83.0 cm³/mol. The van der Waals surface area contributed by atoms with Crippen molar-refractivity contribution in [3.8, 4) is 0 Å². The summed E-state index contributed by atoms with van der Waals surface area (Å²) >= 11 is 0. The Balaban J connectivity index is 1.77. The van der Waals surface area contributed by atoms with Crippen LogP contribution in [0.3, 0.4) is 0 Å². The average Bonchev–Trinajstić information content (AvgIpc) is 2.45. The number of carbonyl (C=O) groups excluding carboxylic acids is 2. The van der Waals surface area contributed by atoms with Crippen molar-refractivity contribution in [3.05, 3.63) is 30.3 Å². The Bertz CT molecular complexity index is 480. The van der Waals surface area contributed by atoms with E-state index >= 15 is 0 Å². The van der Waals surface area contributed by atoms with Gasteiger partial charge in [0.15, 0.2) is 0 Å². The third kappa shape index (κ3) is 4.77. The highest BCUT2D eigenvalue weighted by Crippen LogP contribution is 2.20. The molecule has 1 fully saturated rings. The molecular formula is C16H23N3O2. The third-order valence-electron chi connectivity index (χ3n) is 3.65. The van der Waals surface area contributed by atoms with E-state index in [1.165, 1.54) is 0 Å². The molecule has 0 aliphatic carbocycles. The smallest absolute Gasteiger partial charge is 0.319 e. The summed E-state index contributed by atoms with van der Waals surface area (Å²) in [4.78, 5) is 25.7. The molecule has 1 aromatic carbocycles. The molecule has 21 heavy (non-hydrogen) atoms. The van der Waals surface area contributed by atoms with Gasteiger partial charge < -0.3 is 15.5 Å². The second-order valence-corrected chi connectivity index (χ2v) is 5.92. The summed E-state index contributed by atoms with van der Waals surface area (Å²) in [5.74, 6) is 1.03. The zero-order chi connectivity index (χ0) is 15.2. The van der Waals surface area contributed by atoms with Gasteiger partial charge in [-0.1, -0.05) is 32.0 Å². The number of benzene rings is 1. The average molecular weight is 289 g/mol. The lowest BCUT2D eigenvalue weighted by molar-refractivity contribution is -0.132. The highest BCUT2D eigenvalue weighted by atomic mass is 16.2. The molecule has 0 saturated carbocycles. The molecule has 0 radical (unpaired) electrons. The molecule has 5 heteroatoms. The number of amides is 3. The van der Waals surface area contributed by atoms with Crippen LogP contribution in [0.5, 0.6) is 0 Å². The summed E-state index contributed by atoms with van der Waals surface area (Å²) in [7, 11) is 0. The SMILES string of the molecule is C[C@@H]1C[C@H](C)CN(C(=O)CNC(=O)Nc2ccccc2)C1. The first-order chi connectivity index (χ1) is 10.0. The number of hydrogen-bond acceptors (Lipinski definition) is 2. The minimum absolute atomic E-state index is 0.0170. The highest BCUT2D eigenvalue weighted by Gasteiger charge is 2.25. The van der Waals surface area contributed by atoms with E-state index in [1.54, 1.807) is 12.1 Å². The molecule has 1 aliphatic rings. The number of anilines is 1. The first kappa shape index (κ1) is 15.4. The van der Waals surface area contributed by atoms with Crippen molar-refractivity contribution in [3.63, 3.8) is 0 Å². The summed E-state index contributed by atoms with van der Waals surface area (Å²) in [6.45, 7) is 5.92. The van der Waals surface area contributed by atoms with Crippen LogP contribution in [0.15, 0.2) is 30.3 Å². The van der Waals surface area contributed by atoms with Crippen molar-refractivity contribution >= 4 is 17.6 Å². The summed E-state index contributed by atoms with van der Waals surface area (Å²) in [5.41, 5.74) is 0.711. The van der Waals surface area contributed by atoms with Crippen LogP contribution in [0.4, 0.5) is 10.5 Å². The molecule has 2 atom stereocenters. The first-order valence-corrected chi connectivity index (χ1v) is 7.42. The van der Waals surface area contributed by atoms with Crippen LogP contribution in [0.1, 0.15) is 20.3 Å². The van der Waals surface area contributed by atoms with E-state index in [0.717, 1.165) is 19.5 Å². The molecule has 1 aromatic rings. The molecule has 0 spiro atoms. The number of carbonyl (C=O) groups is 2. The number of rotatable bonds is 3. The van der Waals surface area contributed by atoms with Gasteiger partial charge in [-0.3, -0.25) is 4.79 Å². The normalized spacial score (nSPS) is 21.7. The summed E-state index contributed by atoms with van der Waals surface area (Å²) in [6, 6.07) is 8.82. The van der Waals surface area contributed by atoms with Gasteiger partial charge >= 0.3 is 6.03 Å². The van der Waals surface area contributed by atoms with Gasteiger partial charge in [0.05, 0.1) is 6.54 Å². The fourth-order valence-corrected chi connectivity index (χ4v) is 2.83. The zero-order valence-electron chi connectivity index (χ0n) is 12.6. The number of nitrogens with one attached hydrogen (secondary N) is 2. The molecule has 1 aliphatic heterocycles. The number of nitrogens with zero attached hydrogens (tertiary/aromatic N) is 1. The number of piperidine rings is 1. The first-order valence-electron chi connectivity index (χ1n) is 7.42. The second kappa shape index (κ2) is 7.11. The van der Waals surface area contributed by atoms with Gasteiger partial charge in [-0.25, -0.2) is 4.79 Å². The largest absolute Gasteiger partial charge is 0.341 e. The van der Waals surface area contributed by atoms with Crippen molar-refractivity contribution in [1.82, 2.24) is 10.2 Å². The maximum atomic E-state index is 12.1. The predicted octanol–water partition coefficient (Wildman–Crippen LogP) is 2.31. The molecule has 2 N–H and O–H groups in total. The minimum atomic E-state index is -0.354. The molecule has 3 amide bonds. The van der Waals surface area contributed by atoms with E-state index in [9.17, 15) is 9.59 Å². The van der Waals surface area contributed by atoms with Crippen LogP contribution in [0.2, 0.25) is 0 Å². The lowest BCUT2D eigenvalue weighted by Crippen LogP contribution is -2.47. The van der Waals surface area contributed by atoms with Crippen LogP contribution in [0.25, 0.3) is 0 Å². The van der Waals surface area contributed by atoms with E-state index in [2.05, 4.69) is 24.5 Å². The Kier molecular flexibility index (Phi) is 5.20. The Morgan fingerprint density at radius 2 is 1.76 bits per heavy atom. The minimum Gasteiger partial charge on any atom is -0.341 e. The van der Waals surface area contributed by atoms with Crippen molar-refractivity contribution in [2.75, 3.05) is 25.0 Å². The molecule has 0 bridgehead atoms. The van der Waals surface area contributed by atoms with Crippen molar-refractivity contribution < 1.29 is 9.59 Å². The number of urea groups is 1. The van der Waals surface area contributed by atoms with Crippen molar-refractivity contribution in [2.24, 2.45) is 11.8 Å². The lowest BCUT2D eigenvalue weighted by Gasteiger charge is -2.35. The van der Waals surface area contributed by atoms with Crippen LogP contribution in [-0.4, -0.2) is 36.5 Å². The Morgan fingerprint density at radius 1 is 1.14 bits per heavy atom. The number of para-hydroxylation sites is 1. The number of likely N-dealkylation sites (tertiary alicyclic amines) is 1. The lowest BCUT2D eigenvalue weighted by atomic mass is 9.92. The summed E-state index contributed by atoms with van der Waals surface area (Å²) in [5, 5.41) is 5.31. The van der Waals surface area contributed by atoms with Gasteiger partial charge in [-0.05, 0) is 30.4 Å². The van der Waals surface area contributed by atoms with Crippen molar-refractivity contribution in [2.45, 2.75) is 20.3 Å². The maximum absolute atomic E-state index is 12.1. The van der Waals surface area contributed by atoms with Gasteiger partial charge in [-0.15, -0.1) is 0 Å². The number of hydrogen-bond donors (Lipinski definition) is 2. The fraction of sp³-hybridized carbons (Fsp3) is 0.500. The topological polar surface area (TPSA) is 61.4 Å². The molecular weight excluding hydrogens is 266 g/mol. The maximum Gasteiger partial charge on any atom is 0.319 e. The summed E-state index contributed by atoms with van der Waals surface area (Å²) < 4.78 is 0. The van der Waals surface area contributed by atoms with Gasteiger partial charge in [0.25, 0.3) is 0 Å². The molecule has 5 nitrogen and oxygen atoms in total.